The molecule has 1 aliphatic heterocycles. The minimum Gasteiger partial charge on any atom is -0.339 e. The third-order valence-corrected chi connectivity index (χ3v) is 3.91. The van der Waals surface area contributed by atoms with Gasteiger partial charge in [-0.15, -0.1) is 0 Å². The monoisotopic (exact) mass is 322 g/mol. The van der Waals surface area contributed by atoms with Crippen LogP contribution in [0, 0.1) is 5.92 Å². The molecule has 0 spiro atoms. The first-order valence-corrected chi connectivity index (χ1v) is 7.35. The molecule has 3 nitrogen and oxygen atoms in total. The van der Waals surface area contributed by atoms with E-state index in [-0.39, 0.29) is 5.91 Å². The molecule has 1 N–H and O–H groups in total. The van der Waals surface area contributed by atoms with E-state index in [4.69, 9.17) is 0 Å². The fourth-order valence-corrected chi connectivity index (χ4v) is 2.60. The summed E-state index contributed by atoms with van der Waals surface area (Å²) in [4.78, 5) is 14.0. The van der Waals surface area contributed by atoms with Gasteiger partial charge in [-0.05, 0) is 49.7 Å². The molecule has 0 aromatic heterocycles. The lowest BCUT2D eigenvalue weighted by molar-refractivity contribution is -0.125. The first kappa shape index (κ1) is 14.3. The zero-order chi connectivity index (χ0) is 13.7. The Morgan fingerprint density at radius 3 is 2.89 bits per heavy atom. The number of hydrogen-bond donors (Lipinski definition) is 1. The van der Waals surface area contributed by atoms with Crippen molar-refractivity contribution in [1.82, 2.24) is 10.2 Å². The quantitative estimate of drug-likeness (QED) is 0.864. The first-order chi connectivity index (χ1) is 9.19. The first-order valence-electron chi connectivity index (χ1n) is 6.56. The molecular formula is C15H19BrN2O. The van der Waals surface area contributed by atoms with Crippen LogP contribution >= 0.6 is 15.9 Å². The van der Waals surface area contributed by atoms with E-state index in [1.807, 2.05) is 42.3 Å². The number of nitrogens with one attached hydrogen (secondary N) is 1. The Hall–Kier alpha value is -1.13. The molecule has 1 aromatic rings. The SMILES string of the molecule is CNCC1CCN(C(=O)C=Cc2ccc(Br)cc2)C1. The second kappa shape index (κ2) is 6.87. The third kappa shape index (κ3) is 4.18. The predicted molar refractivity (Wildman–Crippen MR) is 81.8 cm³/mol. The third-order valence-electron chi connectivity index (χ3n) is 3.38. The van der Waals surface area contributed by atoms with Crippen LogP contribution in [0.2, 0.25) is 0 Å². The summed E-state index contributed by atoms with van der Waals surface area (Å²) in [5, 5.41) is 3.17. The van der Waals surface area contributed by atoms with Crippen molar-refractivity contribution in [3.05, 3.63) is 40.4 Å². The minimum atomic E-state index is 0.113. The lowest BCUT2D eigenvalue weighted by Crippen LogP contribution is -2.28. The Morgan fingerprint density at radius 2 is 2.21 bits per heavy atom. The number of rotatable bonds is 4. The van der Waals surface area contributed by atoms with Gasteiger partial charge in [0.15, 0.2) is 0 Å². The molecule has 1 aromatic carbocycles. The van der Waals surface area contributed by atoms with Crippen molar-refractivity contribution in [3.8, 4) is 0 Å². The summed E-state index contributed by atoms with van der Waals surface area (Å²) in [6, 6.07) is 7.93. The van der Waals surface area contributed by atoms with Crippen LogP contribution in [-0.4, -0.2) is 37.5 Å². The highest BCUT2D eigenvalue weighted by atomic mass is 79.9. The lowest BCUT2D eigenvalue weighted by Gasteiger charge is -2.14. The van der Waals surface area contributed by atoms with Crippen molar-refractivity contribution in [3.63, 3.8) is 0 Å². The maximum Gasteiger partial charge on any atom is 0.246 e. The summed E-state index contributed by atoms with van der Waals surface area (Å²) in [6.07, 6.45) is 4.64. The van der Waals surface area contributed by atoms with E-state index < -0.39 is 0 Å². The smallest absolute Gasteiger partial charge is 0.246 e. The molecule has 2 rings (SSSR count). The van der Waals surface area contributed by atoms with E-state index in [2.05, 4.69) is 21.2 Å². The maximum atomic E-state index is 12.0. The van der Waals surface area contributed by atoms with Gasteiger partial charge in [0.25, 0.3) is 0 Å². The number of carbonyl (C=O) groups is 1. The number of nitrogens with zero attached hydrogens (tertiary/aromatic N) is 1. The largest absolute Gasteiger partial charge is 0.339 e. The van der Waals surface area contributed by atoms with Gasteiger partial charge in [0, 0.05) is 23.6 Å². The molecular weight excluding hydrogens is 304 g/mol. The van der Waals surface area contributed by atoms with Crippen molar-refractivity contribution in [2.45, 2.75) is 6.42 Å². The van der Waals surface area contributed by atoms with Crippen LogP contribution in [0.1, 0.15) is 12.0 Å². The van der Waals surface area contributed by atoms with Crippen molar-refractivity contribution < 1.29 is 4.79 Å². The number of benzene rings is 1. The molecule has 1 aliphatic rings. The van der Waals surface area contributed by atoms with Crippen LogP contribution in [0.5, 0.6) is 0 Å². The minimum absolute atomic E-state index is 0.113. The lowest BCUT2D eigenvalue weighted by atomic mass is 10.1. The van der Waals surface area contributed by atoms with E-state index in [0.29, 0.717) is 5.92 Å². The summed E-state index contributed by atoms with van der Waals surface area (Å²) in [5.41, 5.74) is 1.04. The van der Waals surface area contributed by atoms with Gasteiger partial charge in [0.05, 0.1) is 0 Å². The number of halogens is 1. The molecule has 1 heterocycles. The molecule has 19 heavy (non-hydrogen) atoms. The van der Waals surface area contributed by atoms with Gasteiger partial charge in [0.1, 0.15) is 0 Å². The van der Waals surface area contributed by atoms with E-state index in [1.54, 1.807) is 6.08 Å². The Balaban J connectivity index is 1.89. The number of amides is 1. The number of likely N-dealkylation sites (tertiary alicyclic amines) is 1. The summed E-state index contributed by atoms with van der Waals surface area (Å²) < 4.78 is 1.05. The normalized spacial score (nSPS) is 19.3. The molecule has 1 atom stereocenters. The van der Waals surface area contributed by atoms with Crippen LogP contribution in [0.3, 0.4) is 0 Å². The van der Waals surface area contributed by atoms with Crippen molar-refractivity contribution in [2.24, 2.45) is 5.92 Å². The van der Waals surface area contributed by atoms with Gasteiger partial charge in [-0.2, -0.15) is 0 Å². The van der Waals surface area contributed by atoms with Gasteiger partial charge in [0.2, 0.25) is 5.91 Å². The zero-order valence-corrected chi connectivity index (χ0v) is 12.7. The van der Waals surface area contributed by atoms with Gasteiger partial charge < -0.3 is 10.2 Å². The highest BCUT2D eigenvalue weighted by molar-refractivity contribution is 9.10. The van der Waals surface area contributed by atoms with E-state index in [9.17, 15) is 4.79 Å². The zero-order valence-electron chi connectivity index (χ0n) is 11.1. The fraction of sp³-hybridized carbons (Fsp3) is 0.400. The summed E-state index contributed by atoms with van der Waals surface area (Å²) in [6.45, 7) is 2.72. The Kier molecular flexibility index (Phi) is 5.16. The molecule has 4 heteroatoms. The molecule has 1 saturated heterocycles. The van der Waals surface area contributed by atoms with E-state index in [1.165, 1.54) is 0 Å². The maximum absolute atomic E-state index is 12.0. The summed E-state index contributed by atoms with van der Waals surface area (Å²) in [7, 11) is 1.96. The fourth-order valence-electron chi connectivity index (χ4n) is 2.33. The van der Waals surface area contributed by atoms with Gasteiger partial charge >= 0.3 is 0 Å². The molecule has 1 unspecified atom stereocenters. The number of carbonyl (C=O) groups excluding carboxylic acids is 1. The second-order valence-corrected chi connectivity index (χ2v) is 5.80. The van der Waals surface area contributed by atoms with Crippen molar-refractivity contribution >= 4 is 27.9 Å². The Bertz CT molecular complexity index is 456. The highest BCUT2D eigenvalue weighted by Gasteiger charge is 2.24. The van der Waals surface area contributed by atoms with Crippen LogP contribution in [-0.2, 0) is 4.79 Å². The highest BCUT2D eigenvalue weighted by Crippen LogP contribution is 2.16. The van der Waals surface area contributed by atoms with Gasteiger partial charge in [-0.1, -0.05) is 28.1 Å². The molecule has 0 saturated carbocycles. The molecule has 0 bridgehead atoms. The summed E-state index contributed by atoms with van der Waals surface area (Å²) in [5.74, 6) is 0.705. The second-order valence-electron chi connectivity index (χ2n) is 4.88. The Labute approximate surface area is 122 Å². The summed E-state index contributed by atoms with van der Waals surface area (Å²) >= 11 is 3.40. The van der Waals surface area contributed by atoms with E-state index >= 15 is 0 Å². The average molecular weight is 323 g/mol. The average Bonchev–Trinajstić information content (AvgIpc) is 2.87. The van der Waals surface area contributed by atoms with Crippen LogP contribution in [0.25, 0.3) is 6.08 Å². The standard InChI is InChI=1S/C15H19BrN2O/c1-17-10-13-8-9-18(11-13)15(19)7-4-12-2-5-14(16)6-3-12/h2-7,13,17H,8-11H2,1H3. The van der Waals surface area contributed by atoms with Crippen LogP contribution in [0.4, 0.5) is 0 Å². The molecule has 1 fully saturated rings. The topological polar surface area (TPSA) is 32.3 Å². The predicted octanol–water partition coefficient (Wildman–Crippen LogP) is 2.53. The molecule has 0 radical (unpaired) electrons. The number of hydrogen-bond acceptors (Lipinski definition) is 2. The molecule has 1 amide bonds. The van der Waals surface area contributed by atoms with Crippen LogP contribution < -0.4 is 5.32 Å². The van der Waals surface area contributed by atoms with Gasteiger partial charge in [-0.3, -0.25) is 4.79 Å². The van der Waals surface area contributed by atoms with E-state index in [0.717, 1.165) is 36.1 Å². The Morgan fingerprint density at radius 1 is 1.47 bits per heavy atom. The molecule has 102 valence electrons. The van der Waals surface area contributed by atoms with Crippen LogP contribution in [0.15, 0.2) is 34.8 Å². The van der Waals surface area contributed by atoms with Crippen molar-refractivity contribution in [1.29, 1.82) is 0 Å². The van der Waals surface area contributed by atoms with Crippen molar-refractivity contribution in [2.75, 3.05) is 26.7 Å². The van der Waals surface area contributed by atoms with Gasteiger partial charge in [-0.25, -0.2) is 0 Å². The molecule has 0 aliphatic carbocycles.